The first-order chi connectivity index (χ1) is 9.83. The zero-order valence-electron chi connectivity index (χ0n) is 11.1. The van der Waals surface area contributed by atoms with E-state index >= 15 is 0 Å². The average molecular weight is 272 g/mol. The van der Waals surface area contributed by atoms with Crippen LogP contribution in [-0.2, 0) is 6.54 Å². The first-order valence-electron chi connectivity index (χ1n) is 6.60. The van der Waals surface area contributed by atoms with Crippen molar-refractivity contribution in [3.63, 3.8) is 0 Å². The second-order valence-electron chi connectivity index (χ2n) is 4.72. The molecule has 20 heavy (non-hydrogen) atoms. The third kappa shape index (κ3) is 2.83. The summed E-state index contributed by atoms with van der Waals surface area (Å²) in [6.45, 7) is 3.91. The standard InChI is InChI=1S/C13H16N6O/c20-13(12-15-10-16-17-12)19-7-5-18(6-8-19)9-11-3-1-2-4-14-11/h1-4,10H,5-9H2,(H,15,16,17). The highest BCUT2D eigenvalue weighted by Crippen LogP contribution is 2.08. The minimum Gasteiger partial charge on any atom is -0.333 e. The van der Waals surface area contributed by atoms with E-state index in [-0.39, 0.29) is 5.91 Å². The topological polar surface area (TPSA) is 78.0 Å². The predicted molar refractivity (Wildman–Crippen MR) is 71.8 cm³/mol. The number of aromatic amines is 1. The molecular weight excluding hydrogens is 256 g/mol. The van der Waals surface area contributed by atoms with Crippen molar-refractivity contribution in [2.45, 2.75) is 6.54 Å². The second-order valence-corrected chi connectivity index (χ2v) is 4.72. The van der Waals surface area contributed by atoms with Crippen molar-refractivity contribution in [1.29, 1.82) is 0 Å². The molecule has 7 nitrogen and oxygen atoms in total. The lowest BCUT2D eigenvalue weighted by Gasteiger charge is -2.34. The summed E-state index contributed by atoms with van der Waals surface area (Å²) in [4.78, 5) is 24.4. The molecule has 2 aromatic rings. The monoisotopic (exact) mass is 272 g/mol. The van der Waals surface area contributed by atoms with Crippen molar-refractivity contribution < 1.29 is 4.79 Å². The highest BCUT2D eigenvalue weighted by atomic mass is 16.2. The van der Waals surface area contributed by atoms with Gasteiger partial charge in [0.1, 0.15) is 6.33 Å². The Kier molecular flexibility index (Phi) is 3.69. The van der Waals surface area contributed by atoms with E-state index in [1.165, 1.54) is 6.33 Å². The summed E-state index contributed by atoms with van der Waals surface area (Å²) in [5, 5.41) is 6.32. The Morgan fingerprint density at radius 1 is 1.20 bits per heavy atom. The summed E-state index contributed by atoms with van der Waals surface area (Å²) in [5.74, 6) is 0.225. The van der Waals surface area contributed by atoms with E-state index in [1.807, 2.05) is 18.2 Å². The molecule has 2 aromatic heterocycles. The lowest BCUT2D eigenvalue weighted by atomic mass is 10.2. The molecule has 0 saturated carbocycles. The van der Waals surface area contributed by atoms with Crippen molar-refractivity contribution in [2.75, 3.05) is 26.2 Å². The number of amides is 1. The van der Waals surface area contributed by atoms with Crippen LogP contribution in [-0.4, -0.2) is 62.1 Å². The number of H-pyrrole nitrogens is 1. The van der Waals surface area contributed by atoms with Crippen LogP contribution >= 0.6 is 0 Å². The lowest BCUT2D eigenvalue weighted by Crippen LogP contribution is -2.48. The van der Waals surface area contributed by atoms with E-state index in [0.717, 1.165) is 25.3 Å². The zero-order valence-corrected chi connectivity index (χ0v) is 11.1. The van der Waals surface area contributed by atoms with Crippen molar-refractivity contribution >= 4 is 5.91 Å². The molecule has 1 aliphatic heterocycles. The van der Waals surface area contributed by atoms with E-state index in [9.17, 15) is 4.79 Å². The molecule has 0 aromatic carbocycles. The molecule has 7 heteroatoms. The highest BCUT2D eigenvalue weighted by molar-refractivity contribution is 5.90. The molecule has 3 heterocycles. The molecule has 0 bridgehead atoms. The van der Waals surface area contributed by atoms with Gasteiger partial charge in [0.2, 0.25) is 5.82 Å². The van der Waals surface area contributed by atoms with Crippen LogP contribution < -0.4 is 0 Å². The minimum atomic E-state index is -0.0833. The molecule has 0 radical (unpaired) electrons. The van der Waals surface area contributed by atoms with Crippen LogP contribution in [0.3, 0.4) is 0 Å². The van der Waals surface area contributed by atoms with E-state index in [1.54, 1.807) is 11.1 Å². The van der Waals surface area contributed by atoms with Gasteiger partial charge in [-0.1, -0.05) is 6.07 Å². The van der Waals surface area contributed by atoms with E-state index in [4.69, 9.17) is 0 Å². The number of aromatic nitrogens is 4. The fourth-order valence-corrected chi connectivity index (χ4v) is 2.29. The van der Waals surface area contributed by atoms with Gasteiger partial charge in [-0.25, -0.2) is 4.98 Å². The van der Waals surface area contributed by atoms with Gasteiger partial charge in [-0.05, 0) is 12.1 Å². The first kappa shape index (κ1) is 12.7. The molecule has 0 atom stereocenters. The number of nitrogens with one attached hydrogen (secondary N) is 1. The van der Waals surface area contributed by atoms with Gasteiger partial charge in [-0.3, -0.25) is 19.8 Å². The smallest absolute Gasteiger partial charge is 0.291 e. The zero-order chi connectivity index (χ0) is 13.8. The van der Waals surface area contributed by atoms with Gasteiger partial charge < -0.3 is 4.90 Å². The molecule has 1 saturated heterocycles. The van der Waals surface area contributed by atoms with Crippen molar-refractivity contribution in [1.82, 2.24) is 30.0 Å². The molecule has 1 fully saturated rings. The average Bonchev–Trinajstić information content (AvgIpc) is 3.03. The number of hydrogen-bond donors (Lipinski definition) is 1. The second kappa shape index (κ2) is 5.79. The SMILES string of the molecule is O=C(c1ncn[nH]1)N1CCN(Cc2ccccn2)CC1. The lowest BCUT2D eigenvalue weighted by molar-refractivity contribution is 0.0615. The van der Waals surface area contributed by atoms with Crippen molar-refractivity contribution in [2.24, 2.45) is 0 Å². The summed E-state index contributed by atoms with van der Waals surface area (Å²) >= 11 is 0. The number of nitrogens with zero attached hydrogens (tertiary/aromatic N) is 5. The summed E-state index contributed by atoms with van der Waals surface area (Å²) < 4.78 is 0. The fraction of sp³-hybridized carbons (Fsp3) is 0.385. The molecule has 104 valence electrons. The summed E-state index contributed by atoms with van der Waals surface area (Å²) in [6.07, 6.45) is 3.16. The summed E-state index contributed by atoms with van der Waals surface area (Å²) in [6, 6.07) is 5.93. The number of rotatable bonds is 3. The Bertz CT molecular complexity index is 548. The Balaban J connectivity index is 1.53. The molecule has 0 aliphatic carbocycles. The number of carbonyl (C=O) groups is 1. The first-order valence-corrected chi connectivity index (χ1v) is 6.60. The Hall–Kier alpha value is -2.28. The molecule has 1 amide bonds. The van der Waals surface area contributed by atoms with E-state index < -0.39 is 0 Å². The van der Waals surface area contributed by atoms with Gasteiger partial charge >= 0.3 is 0 Å². The maximum absolute atomic E-state index is 12.1. The van der Waals surface area contributed by atoms with Gasteiger partial charge in [0, 0.05) is 38.9 Å². The number of carbonyl (C=O) groups excluding carboxylic acids is 1. The van der Waals surface area contributed by atoms with Crippen LogP contribution in [0.2, 0.25) is 0 Å². The minimum absolute atomic E-state index is 0.0833. The number of piperazine rings is 1. The van der Waals surface area contributed by atoms with Crippen LogP contribution in [0.15, 0.2) is 30.7 Å². The van der Waals surface area contributed by atoms with Gasteiger partial charge in [-0.2, -0.15) is 5.10 Å². The number of pyridine rings is 1. The van der Waals surface area contributed by atoms with Crippen LogP contribution in [0, 0.1) is 0 Å². The van der Waals surface area contributed by atoms with Crippen LogP contribution in [0.4, 0.5) is 0 Å². The summed E-state index contributed by atoms with van der Waals surface area (Å²) in [5.41, 5.74) is 1.06. The third-order valence-electron chi connectivity index (χ3n) is 3.39. The third-order valence-corrected chi connectivity index (χ3v) is 3.39. The quantitative estimate of drug-likeness (QED) is 0.861. The van der Waals surface area contributed by atoms with E-state index in [0.29, 0.717) is 18.9 Å². The molecule has 0 unspecified atom stereocenters. The fourth-order valence-electron chi connectivity index (χ4n) is 2.29. The number of hydrogen-bond acceptors (Lipinski definition) is 5. The largest absolute Gasteiger partial charge is 0.333 e. The molecule has 1 N–H and O–H groups in total. The van der Waals surface area contributed by atoms with Crippen molar-refractivity contribution in [3.8, 4) is 0 Å². The van der Waals surface area contributed by atoms with Crippen LogP contribution in [0.1, 0.15) is 16.3 Å². The van der Waals surface area contributed by atoms with Crippen molar-refractivity contribution in [3.05, 3.63) is 42.2 Å². The Morgan fingerprint density at radius 2 is 2.05 bits per heavy atom. The molecule has 3 rings (SSSR count). The normalized spacial score (nSPS) is 16.3. The maximum Gasteiger partial charge on any atom is 0.291 e. The highest BCUT2D eigenvalue weighted by Gasteiger charge is 2.23. The van der Waals surface area contributed by atoms with Gasteiger partial charge in [-0.15, -0.1) is 0 Å². The van der Waals surface area contributed by atoms with Gasteiger partial charge in [0.15, 0.2) is 0 Å². The molecular formula is C13H16N6O. The van der Waals surface area contributed by atoms with Gasteiger partial charge in [0.25, 0.3) is 5.91 Å². The summed E-state index contributed by atoms with van der Waals surface area (Å²) in [7, 11) is 0. The Morgan fingerprint density at radius 3 is 2.70 bits per heavy atom. The van der Waals surface area contributed by atoms with Gasteiger partial charge in [0.05, 0.1) is 5.69 Å². The molecule has 1 aliphatic rings. The van der Waals surface area contributed by atoms with Crippen LogP contribution in [0.5, 0.6) is 0 Å². The van der Waals surface area contributed by atoms with Crippen LogP contribution in [0.25, 0.3) is 0 Å². The Labute approximate surface area is 116 Å². The maximum atomic E-state index is 12.1. The predicted octanol–water partition coefficient (Wildman–Crippen LogP) is 0.158. The molecule has 0 spiro atoms. The van der Waals surface area contributed by atoms with E-state index in [2.05, 4.69) is 25.1 Å².